The molecule has 0 radical (unpaired) electrons. The van der Waals surface area contributed by atoms with Crippen molar-refractivity contribution in [2.24, 2.45) is 0 Å². The van der Waals surface area contributed by atoms with E-state index in [0.29, 0.717) is 6.07 Å². The largest absolute Gasteiger partial charge is 0.493 e. The number of hydrogen-bond donors (Lipinski definition) is 1. The lowest BCUT2D eigenvalue weighted by atomic mass is 10.1. The summed E-state index contributed by atoms with van der Waals surface area (Å²) in [5.74, 6) is -3.81. The van der Waals surface area contributed by atoms with Crippen molar-refractivity contribution in [2.75, 3.05) is 13.7 Å². The lowest BCUT2D eigenvalue weighted by Gasteiger charge is -2.15. The van der Waals surface area contributed by atoms with E-state index in [1.165, 1.54) is 6.92 Å². The molecule has 7 heteroatoms. The molecule has 4 nitrogen and oxygen atoms in total. The minimum atomic E-state index is -2.01. The van der Waals surface area contributed by atoms with Gasteiger partial charge < -0.3 is 14.6 Å². The molecular formula is C11H11ClF2O4. The van der Waals surface area contributed by atoms with Gasteiger partial charge in [-0.15, -0.1) is 0 Å². The van der Waals surface area contributed by atoms with Crippen molar-refractivity contribution in [3.8, 4) is 5.75 Å². The molecule has 0 heterocycles. The molecule has 0 saturated heterocycles. The first-order valence-corrected chi connectivity index (χ1v) is 5.37. The van der Waals surface area contributed by atoms with Gasteiger partial charge in [-0.2, -0.15) is 0 Å². The molecule has 0 aliphatic heterocycles. The topological polar surface area (TPSA) is 55.8 Å². The van der Waals surface area contributed by atoms with E-state index in [1.807, 2.05) is 0 Å². The molecule has 1 aromatic carbocycles. The summed E-state index contributed by atoms with van der Waals surface area (Å²) in [5, 5.41) is 9.08. The second-order valence-electron chi connectivity index (χ2n) is 3.26. The fourth-order valence-electron chi connectivity index (χ4n) is 1.39. The van der Waals surface area contributed by atoms with Crippen molar-refractivity contribution < 1.29 is 28.2 Å². The van der Waals surface area contributed by atoms with Crippen LogP contribution in [0.4, 0.5) is 8.78 Å². The molecule has 0 aliphatic carbocycles. The fraction of sp³-hybridized carbons (Fsp3) is 0.364. The van der Waals surface area contributed by atoms with Gasteiger partial charge in [-0.05, 0) is 13.0 Å². The summed E-state index contributed by atoms with van der Waals surface area (Å²) in [5.41, 5.74) is -0.680. The molecule has 18 heavy (non-hydrogen) atoms. The predicted molar refractivity (Wildman–Crippen MR) is 59.5 cm³/mol. The second kappa shape index (κ2) is 5.97. The van der Waals surface area contributed by atoms with Crippen LogP contribution in [0.2, 0.25) is 5.02 Å². The number of benzene rings is 1. The van der Waals surface area contributed by atoms with Crippen LogP contribution in [0.25, 0.3) is 0 Å². The third-order valence-corrected chi connectivity index (χ3v) is 2.42. The number of methoxy groups -OCH3 is 1. The number of rotatable bonds is 4. The zero-order chi connectivity index (χ0) is 13.9. The lowest BCUT2D eigenvalue weighted by Crippen LogP contribution is -2.18. The zero-order valence-corrected chi connectivity index (χ0v) is 10.4. The van der Waals surface area contributed by atoms with Gasteiger partial charge in [0.25, 0.3) is 0 Å². The van der Waals surface area contributed by atoms with E-state index in [1.54, 1.807) is 0 Å². The molecule has 1 atom stereocenters. The molecule has 1 N–H and O–H groups in total. The average Bonchev–Trinajstić information content (AvgIpc) is 2.32. The maximum atomic E-state index is 13.7. The Morgan fingerprint density at radius 2 is 2.17 bits per heavy atom. The summed E-state index contributed by atoms with van der Waals surface area (Å²) in [7, 11) is 1.08. The summed E-state index contributed by atoms with van der Waals surface area (Å²) in [6.07, 6.45) is -2.01. The number of carbonyl (C=O) groups is 1. The van der Waals surface area contributed by atoms with Gasteiger partial charge in [-0.25, -0.2) is 13.6 Å². The first-order chi connectivity index (χ1) is 8.43. The molecule has 0 aliphatic rings. The van der Waals surface area contributed by atoms with E-state index in [-0.39, 0.29) is 6.61 Å². The normalized spacial score (nSPS) is 12.1. The highest BCUT2D eigenvalue weighted by atomic mass is 35.5. The highest BCUT2D eigenvalue weighted by Gasteiger charge is 2.30. The van der Waals surface area contributed by atoms with Crippen molar-refractivity contribution in [1.29, 1.82) is 0 Å². The number of hydrogen-bond acceptors (Lipinski definition) is 4. The highest BCUT2D eigenvalue weighted by molar-refractivity contribution is 6.30. The van der Waals surface area contributed by atoms with Crippen molar-refractivity contribution in [3.63, 3.8) is 0 Å². The maximum Gasteiger partial charge on any atom is 0.339 e. The van der Waals surface area contributed by atoms with E-state index in [2.05, 4.69) is 9.47 Å². The number of carbonyl (C=O) groups excluding carboxylic acids is 1. The summed E-state index contributed by atoms with van der Waals surface area (Å²) >= 11 is 5.44. The molecule has 100 valence electrons. The molecule has 0 fully saturated rings. The summed E-state index contributed by atoms with van der Waals surface area (Å²) in [6.45, 7) is 1.50. The third-order valence-electron chi connectivity index (χ3n) is 2.15. The van der Waals surface area contributed by atoms with Crippen molar-refractivity contribution in [3.05, 3.63) is 28.3 Å². The van der Waals surface area contributed by atoms with Gasteiger partial charge in [-0.3, -0.25) is 0 Å². The third kappa shape index (κ3) is 2.70. The van der Waals surface area contributed by atoms with Crippen LogP contribution in [0, 0.1) is 11.6 Å². The van der Waals surface area contributed by atoms with E-state index in [4.69, 9.17) is 11.6 Å². The molecule has 0 saturated carbocycles. The van der Waals surface area contributed by atoms with Gasteiger partial charge in [0.05, 0.1) is 24.3 Å². The van der Waals surface area contributed by atoms with Crippen LogP contribution in [-0.2, 0) is 9.53 Å². The van der Waals surface area contributed by atoms with Gasteiger partial charge in [-0.1, -0.05) is 11.6 Å². The van der Waals surface area contributed by atoms with Gasteiger partial charge in [0, 0.05) is 0 Å². The molecule has 1 aromatic rings. The summed E-state index contributed by atoms with van der Waals surface area (Å²) < 4.78 is 36.3. The molecule has 1 unspecified atom stereocenters. The van der Waals surface area contributed by atoms with Crippen LogP contribution >= 0.6 is 11.6 Å². The summed E-state index contributed by atoms with van der Waals surface area (Å²) in [4.78, 5) is 11.3. The average molecular weight is 281 g/mol. The summed E-state index contributed by atoms with van der Waals surface area (Å²) in [6, 6.07) is 0.692. The number of esters is 1. The number of aliphatic hydroxyl groups excluding tert-OH is 1. The van der Waals surface area contributed by atoms with Gasteiger partial charge in [0.1, 0.15) is 0 Å². The Kier molecular flexibility index (Phi) is 4.86. The van der Waals surface area contributed by atoms with Crippen LogP contribution in [0.5, 0.6) is 5.75 Å². The first kappa shape index (κ1) is 14.7. The minimum Gasteiger partial charge on any atom is -0.493 e. The van der Waals surface area contributed by atoms with Crippen molar-refractivity contribution in [2.45, 2.75) is 13.0 Å². The van der Waals surface area contributed by atoms with Crippen molar-refractivity contribution in [1.82, 2.24) is 0 Å². The van der Waals surface area contributed by atoms with E-state index >= 15 is 0 Å². The standard InChI is InChI=1S/C11H11ClF2O4/c1-3-18-11(16)9(15)7-8(14)5(12)4-6(13)10(7)17-2/h4,9,15H,3H2,1-2H3. The van der Waals surface area contributed by atoms with Crippen LogP contribution in [0.3, 0.4) is 0 Å². The first-order valence-electron chi connectivity index (χ1n) is 5.00. The monoisotopic (exact) mass is 280 g/mol. The second-order valence-corrected chi connectivity index (χ2v) is 3.66. The molecule has 0 spiro atoms. The fourth-order valence-corrected chi connectivity index (χ4v) is 1.59. The molecule has 0 bridgehead atoms. The van der Waals surface area contributed by atoms with Crippen LogP contribution in [-0.4, -0.2) is 24.8 Å². The minimum absolute atomic E-state index is 0.0110. The molecule has 0 amide bonds. The smallest absolute Gasteiger partial charge is 0.339 e. The molecule has 0 aromatic heterocycles. The maximum absolute atomic E-state index is 13.7. The number of aliphatic hydroxyl groups is 1. The van der Waals surface area contributed by atoms with Gasteiger partial charge >= 0.3 is 5.97 Å². The van der Waals surface area contributed by atoms with E-state index < -0.39 is 40.0 Å². The number of halogens is 3. The highest BCUT2D eigenvalue weighted by Crippen LogP contribution is 2.35. The SMILES string of the molecule is CCOC(=O)C(O)c1c(F)c(Cl)cc(F)c1OC. The van der Waals surface area contributed by atoms with E-state index in [9.17, 15) is 18.7 Å². The predicted octanol–water partition coefficient (Wildman–Crippen LogP) is 2.22. The Morgan fingerprint density at radius 3 is 2.67 bits per heavy atom. The van der Waals surface area contributed by atoms with Crippen molar-refractivity contribution >= 4 is 17.6 Å². The van der Waals surface area contributed by atoms with Gasteiger partial charge in [0.15, 0.2) is 23.5 Å². The Bertz CT molecular complexity index is 465. The van der Waals surface area contributed by atoms with Crippen LogP contribution < -0.4 is 4.74 Å². The van der Waals surface area contributed by atoms with Crippen LogP contribution in [0.15, 0.2) is 6.07 Å². The zero-order valence-electron chi connectivity index (χ0n) is 9.67. The Morgan fingerprint density at radius 1 is 1.56 bits per heavy atom. The van der Waals surface area contributed by atoms with Crippen LogP contribution in [0.1, 0.15) is 18.6 Å². The van der Waals surface area contributed by atoms with E-state index in [0.717, 1.165) is 7.11 Å². The lowest BCUT2D eigenvalue weighted by molar-refractivity contribution is -0.153. The van der Waals surface area contributed by atoms with Gasteiger partial charge in [0.2, 0.25) is 0 Å². The number of ether oxygens (including phenoxy) is 2. The Hall–Kier alpha value is -1.40. The Labute approximate surface area is 107 Å². The Balaban J connectivity index is 3.33. The quantitative estimate of drug-likeness (QED) is 0.679. The molecular weight excluding hydrogens is 270 g/mol. The molecule has 1 rings (SSSR count).